The maximum atomic E-state index is 11.9. The molecule has 4 nitrogen and oxygen atoms in total. The predicted octanol–water partition coefficient (Wildman–Crippen LogP) is 2.42. The molecular formula is C14H13N3O. The van der Waals surface area contributed by atoms with Crippen LogP contribution in [0.25, 0.3) is 21.8 Å². The number of amides is 1. The van der Waals surface area contributed by atoms with Crippen molar-refractivity contribution in [2.45, 2.75) is 0 Å². The van der Waals surface area contributed by atoms with Crippen molar-refractivity contribution in [3.63, 3.8) is 0 Å². The monoisotopic (exact) mass is 239 g/mol. The molecule has 0 saturated heterocycles. The van der Waals surface area contributed by atoms with Crippen molar-refractivity contribution >= 4 is 27.7 Å². The summed E-state index contributed by atoms with van der Waals surface area (Å²) < 4.78 is 0. The molecule has 1 amide bonds. The van der Waals surface area contributed by atoms with Crippen LogP contribution in [0, 0.1) is 0 Å². The number of hydrogen-bond acceptors (Lipinski definition) is 2. The Kier molecular flexibility index (Phi) is 2.30. The van der Waals surface area contributed by atoms with Gasteiger partial charge >= 0.3 is 0 Å². The number of nitrogens with zero attached hydrogens (tertiary/aromatic N) is 2. The molecule has 0 unspecified atom stereocenters. The molecule has 0 fully saturated rings. The Morgan fingerprint density at radius 1 is 1.17 bits per heavy atom. The highest BCUT2D eigenvalue weighted by Crippen LogP contribution is 2.25. The van der Waals surface area contributed by atoms with E-state index in [4.69, 9.17) is 0 Å². The summed E-state index contributed by atoms with van der Waals surface area (Å²) in [5, 5.41) is 2.15. The Labute approximate surface area is 104 Å². The Morgan fingerprint density at radius 2 is 2.00 bits per heavy atom. The molecule has 1 aromatic carbocycles. The molecule has 3 aromatic rings. The summed E-state index contributed by atoms with van der Waals surface area (Å²) in [6, 6.07) is 7.66. The van der Waals surface area contributed by atoms with Crippen LogP contribution >= 0.6 is 0 Å². The van der Waals surface area contributed by atoms with Crippen LogP contribution in [0.3, 0.4) is 0 Å². The standard InChI is InChI=1S/C14H13N3O/c1-17(2)14(18)9-3-4-12-11(7-9)10-5-6-15-8-13(10)16-12/h3-8,16H,1-2H3. The molecule has 0 bridgehead atoms. The summed E-state index contributed by atoms with van der Waals surface area (Å²) in [5.74, 6) is 0.0142. The normalized spacial score (nSPS) is 11.0. The maximum Gasteiger partial charge on any atom is 0.253 e. The third kappa shape index (κ3) is 1.54. The molecule has 0 aliphatic carbocycles. The number of aromatic nitrogens is 2. The fraction of sp³-hybridized carbons (Fsp3) is 0.143. The van der Waals surface area contributed by atoms with Gasteiger partial charge in [-0.3, -0.25) is 9.78 Å². The lowest BCUT2D eigenvalue weighted by molar-refractivity contribution is 0.0828. The van der Waals surface area contributed by atoms with E-state index in [0.29, 0.717) is 5.56 Å². The van der Waals surface area contributed by atoms with Crippen LogP contribution in [0.5, 0.6) is 0 Å². The van der Waals surface area contributed by atoms with Gasteiger partial charge in [-0.2, -0.15) is 0 Å². The lowest BCUT2D eigenvalue weighted by Gasteiger charge is -2.09. The van der Waals surface area contributed by atoms with E-state index in [9.17, 15) is 4.79 Å². The summed E-state index contributed by atoms with van der Waals surface area (Å²) in [7, 11) is 3.51. The molecular weight excluding hydrogens is 226 g/mol. The van der Waals surface area contributed by atoms with Crippen molar-refractivity contribution in [1.82, 2.24) is 14.9 Å². The average molecular weight is 239 g/mol. The van der Waals surface area contributed by atoms with Crippen LogP contribution in [-0.4, -0.2) is 34.9 Å². The number of nitrogens with one attached hydrogen (secondary N) is 1. The lowest BCUT2D eigenvalue weighted by Crippen LogP contribution is -2.21. The number of H-pyrrole nitrogens is 1. The van der Waals surface area contributed by atoms with Gasteiger partial charge in [-0.15, -0.1) is 0 Å². The maximum absolute atomic E-state index is 11.9. The van der Waals surface area contributed by atoms with Gasteiger partial charge in [0.25, 0.3) is 5.91 Å². The zero-order valence-electron chi connectivity index (χ0n) is 10.3. The number of carbonyl (C=O) groups excluding carboxylic acids is 1. The van der Waals surface area contributed by atoms with Crippen molar-refractivity contribution in [2.24, 2.45) is 0 Å². The van der Waals surface area contributed by atoms with Crippen molar-refractivity contribution in [3.8, 4) is 0 Å². The van der Waals surface area contributed by atoms with E-state index in [1.807, 2.05) is 24.3 Å². The highest BCUT2D eigenvalue weighted by molar-refractivity contribution is 6.09. The Balaban J connectivity index is 2.28. The molecule has 0 saturated carbocycles. The van der Waals surface area contributed by atoms with Gasteiger partial charge in [0.05, 0.1) is 11.7 Å². The summed E-state index contributed by atoms with van der Waals surface area (Å²) >= 11 is 0. The zero-order chi connectivity index (χ0) is 12.7. The van der Waals surface area contributed by atoms with Gasteiger partial charge < -0.3 is 9.88 Å². The summed E-state index contributed by atoms with van der Waals surface area (Å²) in [6.45, 7) is 0. The van der Waals surface area contributed by atoms with Gasteiger partial charge in [0.1, 0.15) is 0 Å². The van der Waals surface area contributed by atoms with Crippen LogP contribution in [0.2, 0.25) is 0 Å². The van der Waals surface area contributed by atoms with Crippen LogP contribution in [0.15, 0.2) is 36.7 Å². The van der Waals surface area contributed by atoms with Gasteiger partial charge in [-0.1, -0.05) is 0 Å². The number of aromatic amines is 1. The average Bonchev–Trinajstić information content (AvgIpc) is 2.75. The van der Waals surface area contributed by atoms with E-state index in [-0.39, 0.29) is 5.91 Å². The number of benzene rings is 1. The number of fused-ring (bicyclic) bond motifs is 3. The number of pyridine rings is 1. The minimum Gasteiger partial charge on any atom is -0.353 e. The van der Waals surface area contributed by atoms with E-state index in [1.165, 1.54) is 0 Å². The van der Waals surface area contributed by atoms with E-state index in [2.05, 4.69) is 9.97 Å². The third-order valence-electron chi connectivity index (χ3n) is 3.05. The largest absolute Gasteiger partial charge is 0.353 e. The molecule has 90 valence electrons. The first-order chi connectivity index (χ1) is 8.66. The minimum atomic E-state index is 0.0142. The number of carbonyl (C=O) groups is 1. The zero-order valence-corrected chi connectivity index (χ0v) is 10.3. The topological polar surface area (TPSA) is 49.0 Å². The molecule has 4 heteroatoms. The smallest absolute Gasteiger partial charge is 0.253 e. The number of hydrogen-bond donors (Lipinski definition) is 1. The van der Waals surface area contributed by atoms with Crippen LogP contribution in [0.1, 0.15) is 10.4 Å². The van der Waals surface area contributed by atoms with Crippen LogP contribution in [0.4, 0.5) is 0 Å². The SMILES string of the molecule is CN(C)C(=O)c1ccc2[nH]c3cnccc3c2c1. The molecule has 3 rings (SSSR count). The Morgan fingerprint density at radius 3 is 2.78 bits per heavy atom. The van der Waals surface area contributed by atoms with Crippen molar-refractivity contribution in [3.05, 3.63) is 42.2 Å². The van der Waals surface area contributed by atoms with Crippen LogP contribution < -0.4 is 0 Å². The Bertz CT molecular complexity index is 743. The first-order valence-electron chi connectivity index (χ1n) is 5.74. The summed E-state index contributed by atoms with van der Waals surface area (Å²) in [6.07, 6.45) is 3.55. The molecule has 0 aliphatic heterocycles. The van der Waals surface area contributed by atoms with Crippen molar-refractivity contribution in [1.29, 1.82) is 0 Å². The molecule has 2 heterocycles. The fourth-order valence-corrected chi connectivity index (χ4v) is 2.14. The van der Waals surface area contributed by atoms with E-state index >= 15 is 0 Å². The second-order valence-electron chi connectivity index (χ2n) is 4.51. The molecule has 0 atom stereocenters. The molecule has 18 heavy (non-hydrogen) atoms. The molecule has 1 N–H and O–H groups in total. The molecule has 0 spiro atoms. The van der Waals surface area contributed by atoms with Crippen molar-refractivity contribution < 1.29 is 4.79 Å². The van der Waals surface area contributed by atoms with E-state index in [0.717, 1.165) is 21.8 Å². The predicted molar refractivity (Wildman–Crippen MR) is 71.6 cm³/mol. The van der Waals surface area contributed by atoms with Gasteiger partial charge in [0.15, 0.2) is 0 Å². The fourth-order valence-electron chi connectivity index (χ4n) is 2.14. The molecule has 0 radical (unpaired) electrons. The van der Waals surface area contributed by atoms with E-state index < -0.39 is 0 Å². The van der Waals surface area contributed by atoms with E-state index in [1.54, 1.807) is 31.4 Å². The van der Waals surface area contributed by atoms with Gasteiger partial charge in [0.2, 0.25) is 0 Å². The highest BCUT2D eigenvalue weighted by Gasteiger charge is 2.10. The first kappa shape index (κ1) is 10.8. The molecule has 0 aliphatic rings. The summed E-state index contributed by atoms with van der Waals surface area (Å²) in [5.41, 5.74) is 2.71. The van der Waals surface area contributed by atoms with Gasteiger partial charge in [-0.25, -0.2) is 0 Å². The Hall–Kier alpha value is -2.36. The van der Waals surface area contributed by atoms with Gasteiger partial charge in [-0.05, 0) is 24.3 Å². The second kappa shape index (κ2) is 3.84. The molecule has 2 aromatic heterocycles. The lowest BCUT2D eigenvalue weighted by atomic mass is 10.1. The van der Waals surface area contributed by atoms with Gasteiger partial charge in [0, 0.05) is 42.1 Å². The quantitative estimate of drug-likeness (QED) is 0.709. The van der Waals surface area contributed by atoms with Crippen molar-refractivity contribution in [2.75, 3.05) is 14.1 Å². The second-order valence-corrected chi connectivity index (χ2v) is 4.51. The summed E-state index contributed by atoms with van der Waals surface area (Å²) in [4.78, 5) is 20.9. The highest BCUT2D eigenvalue weighted by atomic mass is 16.2. The third-order valence-corrected chi connectivity index (χ3v) is 3.05. The first-order valence-corrected chi connectivity index (χ1v) is 5.74. The minimum absolute atomic E-state index is 0.0142. The van der Waals surface area contributed by atoms with Crippen LogP contribution in [-0.2, 0) is 0 Å². The number of rotatable bonds is 1.